The van der Waals surface area contributed by atoms with Crippen LogP contribution < -0.4 is 0 Å². The lowest BCUT2D eigenvalue weighted by atomic mass is 9.48. The van der Waals surface area contributed by atoms with E-state index < -0.39 is 5.60 Å². The van der Waals surface area contributed by atoms with E-state index in [1.54, 1.807) is 0 Å². The van der Waals surface area contributed by atoms with Gasteiger partial charge in [-0.15, -0.1) is 0 Å². The fourth-order valence-electron chi connectivity index (χ4n) is 8.06. The molecule has 0 aromatic rings. The molecule has 1 heteroatoms. The van der Waals surface area contributed by atoms with Crippen molar-refractivity contribution in [2.75, 3.05) is 0 Å². The Morgan fingerprint density at radius 2 is 1.75 bits per heavy atom. The van der Waals surface area contributed by atoms with Gasteiger partial charge in [0.25, 0.3) is 0 Å². The molecule has 4 aliphatic carbocycles. The van der Waals surface area contributed by atoms with Gasteiger partial charge in [0.1, 0.15) is 0 Å². The van der Waals surface area contributed by atoms with Gasteiger partial charge >= 0.3 is 0 Å². The van der Waals surface area contributed by atoms with Crippen LogP contribution in [0, 0.1) is 46.8 Å². The first kappa shape index (κ1) is 17.1. The van der Waals surface area contributed by atoms with Crippen LogP contribution in [-0.4, -0.2) is 10.7 Å². The van der Waals surface area contributed by atoms with Gasteiger partial charge in [0.05, 0.1) is 5.60 Å². The molecule has 0 aromatic carbocycles. The van der Waals surface area contributed by atoms with Gasteiger partial charge in [-0.1, -0.05) is 26.0 Å². The Morgan fingerprint density at radius 3 is 2.46 bits per heavy atom. The van der Waals surface area contributed by atoms with Crippen molar-refractivity contribution in [3.05, 3.63) is 12.2 Å². The third-order valence-corrected chi connectivity index (χ3v) is 9.48. The summed E-state index contributed by atoms with van der Waals surface area (Å²) in [5, 5.41) is 10.8. The maximum absolute atomic E-state index is 10.8. The standard InChI is InChI=1S/C23H38O/c1-14(2)20-8-9-21-18-7-6-16-13-23(5,24)15(3)12-19(16)17(18)10-11-22(20,21)4/h15-21,24H,1,6-13H2,2-5H3/t15-,16+,17-,18+,19-,20+,21-,22+,23-/m0/s1. The summed E-state index contributed by atoms with van der Waals surface area (Å²) in [6, 6.07) is 0. The summed E-state index contributed by atoms with van der Waals surface area (Å²) in [5.41, 5.74) is 1.55. The van der Waals surface area contributed by atoms with Crippen molar-refractivity contribution < 1.29 is 5.11 Å². The molecule has 0 saturated heterocycles. The highest BCUT2D eigenvalue weighted by Gasteiger charge is 2.58. The van der Waals surface area contributed by atoms with Crippen molar-refractivity contribution in [2.24, 2.45) is 46.8 Å². The number of rotatable bonds is 1. The summed E-state index contributed by atoms with van der Waals surface area (Å²) in [7, 11) is 0. The zero-order valence-electron chi connectivity index (χ0n) is 16.4. The third kappa shape index (κ3) is 2.37. The van der Waals surface area contributed by atoms with E-state index in [0.717, 1.165) is 41.9 Å². The molecule has 0 amide bonds. The minimum atomic E-state index is -0.421. The first-order chi connectivity index (χ1) is 11.2. The van der Waals surface area contributed by atoms with Crippen LogP contribution in [-0.2, 0) is 0 Å². The summed E-state index contributed by atoms with van der Waals surface area (Å²) >= 11 is 0. The van der Waals surface area contributed by atoms with Crippen LogP contribution in [0.2, 0.25) is 0 Å². The van der Waals surface area contributed by atoms with Crippen LogP contribution in [0.5, 0.6) is 0 Å². The van der Waals surface area contributed by atoms with Crippen molar-refractivity contribution >= 4 is 0 Å². The van der Waals surface area contributed by atoms with Crippen molar-refractivity contribution in [2.45, 2.75) is 84.7 Å². The largest absolute Gasteiger partial charge is 0.390 e. The van der Waals surface area contributed by atoms with Crippen molar-refractivity contribution in [1.29, 1.82) is 0 Å². The van der Waals surface area contributed by atoms with Gasteiger partial charge in [0, 0.05) is 0 Å². The quantitative estimate of drug-likeness (QED) is 0.600. The lowest BCUT2D eigenvalue weighted by Gasteiger charge is -2.58. The van der Waals surface area contributed by atoms with Crippen LogP contribution in [0.25, 0.3) is 0 Å². The van der Waals surface area contributed by atoms with Crippen LogP contribution in [0.4, 0.5) is 0 Å². The zero-order chi connectivity index (χ0) is 17.3. The molecule has 1 nitrogen and oxygen atoms in total. The van der Waals surface area contributed by atoms with Crippen LogP contribution in [0.1, 0.15) is 79.1 Å². The Hall–Kier alpha value is -0.300. The highest BCUT2D eigenvalue weighted by Crippen LogP contribution is 2.65. The van der Waals surface area contributed by atoms with Crippen molar-refractivity contribution in [1.82, 2.24) is 0 Å². The summed E-state index contributed by atoms with van der Waals surface area (Å²) in [6.07, 6.45) is 10.8. The highest BCUT2D eigenvalue weighted by molar-refractivity contribution is 5.14. The second-order valence-electron chi connectivity index (χ2n) is 10.7. The van der Waals surface area contributed by atoms with Gasteiger partial charge in [0.15, 0.2) is 0 Å². The summed E-state index contributed by atoms with van der Waals surface area (Å²) in [5.74, 6) is 5.78. The molecule has 0 aliphatic heterocycles. The minimum absolute atomic E-state index is 0.421. The van der Waals surface area contributed by atoms with Crippen molar-refractivity contribution in [3.63, 3.8) is 0 Å². The molecule has 0 bridgehead atoms. The van der Waals surface area contributed by atoms with Gasteiger partial charge in [0.2, 0.25) is 0 Å². The average molecular weight is 331 g/mol. The van der Waals surface area contributed by atoms with Crippen molar-refractivity contribution in [3.8, 4) is 0 Å². The number of aliphatic hydroxyl groups is 1. The molecule has 4 aliphatic rings. The van der Waals surface area contributed by atoms with Gasteiger partial charge in [-0.2, -0.15) is 0 Å². The molecule has 0 spiro atoms. The molecule has 24 heavy (non-hydrogen) atoms. The Balaban J connectivity index is 1.57. The maximum atomic E-state index is 10.8. The molecule has 4 saturated carbocycles. The highest BCUT2D eigenvalue weighted by atomic mass is 16.3. The van der Waals surface area contributed by atoms with E-state index in [1.165, 1.54) is 50.5 Å². The molecule has 0 heterocycles. The molecule has 9 atom stereocenters. The molecule has 0 aromatic heterocycles. The lowest BCUT2D eigenvalue weighted by Crippen LogP contribution is -2.52. The summed E-state index contributed by atoms with van der Waals surface area (Å²) < 4.78 is 0. The SMILES string of the molecule is C=C(C)[C@H]1CC[C@H]2[C@@H]3CC[C@@H]4C[C@](C)(O)[C@@H](C)C[C@@H]4[C@H]3CC[C@]12C. The molecule has 4 rings (SSSR count). The fourth-order valence-corrected chi connectivity index (χ4v) is 8.06. The molecule has 1 N–H and O–H groups in total. The Morgan fingerprint density at radius 1 is 1.00 bits per heavy atom. The second-order valence-corrected chi connectivity index (χ2v) is 10.7. The molecule has 0 radical (unpaired) electrons. The van der Waals surface area contributed by atoms with E-state index in [9.17, 15) is 5.11 Å². The predicted octanol–water partition coefficient (Wildman–Crippen LogP) is 5.83. The molecule has 4 fully saturated rings. The number of fused-ring (bicyclic) bond motifs is 5. The monoisotopic (exact) mass is 330 g/mol. The Kier molecular flexibility index (Phi) is 4.00. The minimum Gasteiger partial charge on any atom is -0.390 e. The third-order valence-electron chi connectivity index (χ3n) is 9.48. The van der Waals surface area contributed by atoms with Gasteiger partial charge in [-0.3, -0.25) is 0 Å². The van der Waals surface area contributed by atoms with E-state index in [-0.39, 0.29) is 0 Å². The van der Waals surface area contributed by atoms with Crippen LogP contribution >= 0.6 is 0 Å². The van der Waals surface area contributed by atoms with E-state index in [1.807, 2.05) is 0 Å². The van der Waals surface area contributed by atoms with Crippen LogP contribution in [0.15, 0.2) is 12.2 Å². The predicted molar refractivity (Wildman–Crippen MR) is 101 cm³/mol. The normalized spacial score (nSPS) is 57.0. The van der Waals surface area contributed by atoms with Gasteiger partial charge in [-0.05, 0) is 112 Å². The van der Waals surface area contributed by atoms with E-state index in [4.69, 9.17) is 0 Å². The second kappa shape index (κ2) is 5.60. The first-order valence-corrected chi connectivity index (χ1v) is 10.6. The van der Waals surface area contributed by atoms with Gasteiger partial charge < -0.3 is 5.11 Å². The van der Waals surface area contributed by atoms with Crippen LogP contribution in [0.3, 0.4) is 0 Å². The fraction of sp³-hybridized carbons (Fsp3) is 0.913. The smallest absolute Gasteiger partial charge is 0.0648 e. The Labute approximate surface area is 149 Å². The summed E-state index contributed by atoms with van der Waals surface area (Å²) in [6.45, 7) is 13.6. The van der Waals surface area contributed by atoms with E-state index in [0.29, 0.717) is 11.3 Å². The lowest BCUT2D eigenvalue weighted by molar-refractivity contribution is -0.121. The maximum Gasteiger partial charge on any atom is 0.0648 e. The zero-order valence-corrected chi connectivity index (χ0v) is 16.4. The van der Waals surface area contributed by atoms with E-state index in [2.05, 4.69) is 34.3 Å². The number of hydrogen-bond donors (Lipinski definition) is 1. The first-order valence-electron chi connectivity index (χ1n) is 10.6. The summed E-state index contributed by atoms with van der Waals surface area (Å²) in [4.78, 5) is 0. The average Bonchev–Trinajstić information content (AvgIpc) is 2.85. The van der Waals surface area contributed by atoms with Gasteiger partial charge in [-0.25, -0.2) is 0 Å². The number of allylic oxidation sites excluding steroid dienone is 1. The van der Waals surface area contributed by atoms with E-state index >= 15 is 0 Å². The topological polar surface area (TPSA) is 20.2 Å². The molecular weight excluding hydrogens is 292 g/mol. The molecule has 136 valence electrons. The Bertz CT molecular complexity index is 520. The molecular formula is C23H38O. The number of hydrogen-bond acceptors (Lipinski definition) is 1. The molecule has 0 unspecified atom stereocenters.